The van der Waals surface area contributed by atoms with E-state index in [0.717, 1.165) is 24.0 Å². The maximum absolute atomic E-state index is 11.3. The second kappa shape index (κ2) is 7.04. The predicted molar refractivity (Wildman–Crippen MR) is 96.2 cm³/mol. The topological polar surface area (TPSA) is 47.8 Å². The van der Waals surface area contributed by atoms with Crippen molar-refractivity contribution in [1.29, 1.82) is 0 Å². The molecule has 0 radical (unpaired) electrons. The van der Waals surface area contributed by atoms with E-state index in [1.807, 2.05) is 36.4 Å². The van der Waals surface area contributed by atoms with E-state index in [1.54, 1.807) is 4.68 Å². The zero-order valence-corrected chi connectivity index (χ0v) is 13.8. The van der Waals surface area contributed by atoms with Crippen molar-refractivity contribution in [2.24, 2.45) is 0 Å². The van der Waals surface area contributed by atoms with Crippen molar-refractivity contribution in [3.8, 4) is 5.69 Å². The number of aromatic nitrogens is 3. The fourth-order valence-electron chi connectivity index (χ4n) is 2.46. The van der Waals surface area contributed by atoms with Gasteiger partial charge in [0.15, 0.2) is 12.0 Å². The molecule has 120 valence electrons. The van der Waals surface area contributed by atoms with E-state index < -0.39 is 0 Å². The number of carbonyl (C=O) groups is 1. The summed E-state index contributed by atoms with van der Waals surface area (Å²) in [6, 6.07) is 16.3. The third kappa shape index (κ3) is 3.33. The summed E-state index contributed by atoms with van der Waals surface area (Å²) in [6.45, 7) is 4.17. The Hall–Kier alpha value is -3.01. The van der Waals surface area contributed by atoms with Gasteiger partial charge in [0.25, 0.3) is 0 Å². The molecule has 0 aliphatic rings. The molecular weight excluding hydrogens is 298 g/mol. The van der Waals surface area contributed by atoms with Gasteiger partial charge in [-0.25, -0.2) is 4.68 Å². The van der Waals surface area contributed by atoms with Crippen molar-refractivity contribution >= 4 is 18.4 Å². The van der Waals surface area contributed by atoms with Gasteiger partial charge in [-0.3, -0.25) is 4.79 Å². The monoisotopic (exact) mass is 317 g/mol. The highest BCUT2D eigenvalue weighted by Gasteiger charge is 2.11. The highest BCUT2D eigenvalue weighted by Crippen LogP contribution is 2.16. The van der Waals surface area contributed by atoms with Crippen molar-refractivity contribution in [2.45, 2.75) is 20.3 Å². The number of aryl methyl sites for hydroxylation is 2. The molecule has 0 unspecified atom stereocenters. The second-order valence-corrected chi connectivity index (χ2v) is 5.65. The van der Waals surface area contributed by atoms with Gasteiger partial charge in [-0.05, 0) is 42.7 Å². The van der Waals surface area contributed by atoms with Crippen molar-refractivity contribution < 1.29 is 4.79 Å². The summed E-state index contributed by atoms with van der Waals surface area (Å²) in [5, 5.41) is 8.10. The normalized spacial score (nSPS) is 11.1. The van der Waals surface area contributed by atoms with E-state index in [2.05, 4.69) is 48.4 Å². The minimum Gasteiger partial charge on any atom is -0.296 e. The van der Waals surface area contributed by atoms with Gasteiger partial charge in [0.1, 0.15) is 0 Å². The summed E-state index contributed by atoms with van der Waals surface area (Å²) in [5.41, 5.74) is 5.42. The summed E-state index contributed by atoms with van der Waals surface area (Å²) < 4.78 is 1.69. The van der Waals surface area contributed by atoms with Gasteiger partial charge in [0, 0.05) is 0 Å². The molecule has 0 N–H and O–H groups in total. The number of aldehydes is 1. The highest BCUT2D eigenvalue weighted by molar-refractivity contribution is 5.81. The maximum atomic E-state index is 11.3. The lowest BCUT2D eigenvalue weighted by molar-refractivity contribution is 0.111. The van der Waals surface area contributed by atoms with Gasteiger partial charge in [0.05, 0.1) is 11.4 Å². The number of rotatable bonds is 5. The molecule has 24 heavy (non-hydrogen) atoms. The number of benzene rings is 2. The number of carbonyl (C=O) groups excluding carboxylic acids is 1. The Morgan fingerprint density at radius 2 is 1.71 bits per heavy atom. The van der Waals surface area contributed by atoms with Crippen LogP contribution in [0.5, 0.6) is 0 Å². The van der Waals surface area contributed by atoms with Crippen LogP contribution in [0.1, 0.15) is 39.8 Å². The molecule has 0 bridgehead atoms. The molecule has 0 aliphatic carbocycles. The molecule has 0 atom stereocenters. The van der Waals surface area contributed by atoms with E-state index >= 15 is 0 Å². The molecule has 0 saturated heterocycles. The number of hydrogen-bond donors (Lipinski definition) is 0. The number of nitrogens with zero attached hydrogens (tertiary/aromatic N) is 3. The molecule has 2 aromatic carbocycles. The van der Waals surface area contributed by atoms with E-state index in [9.17, 15) is 4.79 Å². The lowest BCUT2D eigenvalue weighted by Gasteiger charge is -2.05. The Kier molecular flexibility index (Phi) is 4.66. The van der Waals surface area contributed by atoms with Crippen molar-refractivity contribution in [2.75, 3.05) is 0 Å². The average Bonchev–Trinajstić information content (AvgIpc) is 3.04. The average molecular weight is 317 g/mol. The van der Waals surface area contributed by atoms with Gasteiger partial charge in [0.2, 0.25) is 0 Å². The zero-order chi connectivity index (χ0) is 16.9. The van der Waals surface area contributed by atoms with E-state index in [4.69, 9.17) is 0 Å². The third-order valence-corrected chi connectivity index (χ3v) is 3.94. The van der Waals surface area contributed by atoms with Crippen LogP contribution in [0.3, 0.4) is 0 Å². The molecule has 0 amide bonds. The first-order valence-corrected chi connectivity index (χ1v) is 7.96. The van der Waals surface area contributed by atoms with E-state index in [-0.39, 0.29) is 0 Å². The van der Waals surface area contributed by atoms with Crippen molar-refractivity contribution in [3.05, 3.63) is 76.6 Å². The number of hydrogen-bond acceptors (Lipinski definition) is 3. The summed E-state index contributed by atoms with van der Waals surface area (Å²) in [4.78, 5) is 11.3. The van der Waals surface area contributed by atoms with E-state index in [1.165, 1.54) is 11.1 Å². The molecule has 4 heteroatoms. The smallest absolute Gasteiger partial charge is 0.172 e. The summed E-state index contributed by atoms with van der Waals surface area (Å²) >= 11 is 0. The molecule has 1 aromatic heterocycles. The molecule has 0 fully saturated rings. The first kappa shape index (κ1) is 15.9. The second-order valence-electron chi connectivity index (χ2n) is 5.65. The van der Waals surface area contributed by atoms with Crippen LogP contribution in [-0.2, 0) is 6.42 Å². The summed E-state index contributed by atoms with van der Waals surface area (Å²) in [7, 11) is 0. The minimum atomic E-state index is 0.331. The highest BCUT2D eigenvalue weighted by atomic mass is 16.1. The van der Waals surface area contributed by atoms with Crippen LogP contribution in [0.25, 0.3) is 17.8 Å². The van der Waals surface area contributed by atoms with Crippen LogP contribution in [0.4, 0.5) is 0 Å². The lowest BCUT2D eigenvalue weighted by Crippen LogP contribution is -2.00. The molecule has 0 aliphatic heterocycles. The fraction of sp³-hybridized carbons (Fsp3) is 0.150. The molecule has 1 heterocycles. The molecule has 4 nitrogen and oxygen atoms in total. The Bertz CT molecular complexity index is 859. The van der Waals surface area contributed by atoms with Gasteiger partial charge in [-0.15, -0.1) is 5.10 Å². The van der Waals surface area contributed by atoms with Crippen LogP contribution < -0.4 is 0 Å². The van der Waals surface area contributed by atoms with Gasteiger partial charge >= 0.3 is 0 Å². The Morgan fingerprint density at radius 1 is 1.00 bits per heavy atom. The first-order valence-electron chi connectivity index (χ1n) is 7.96. The van der Waals surface area contributed by atoms with Crippen LogP contribution in [-0.4, -0.2) is 21.3 Å². The summed E-state index contributed by atoms with van der Waals surface area (Å²) in [5.74, 6) is 0. The lowest BCUT2D eigenvalue weighted by atomic mass is 10.1. The van der Waals surface area contributed by atoms with E-state index in [0.29, 0.717) is 11.4 Å². The molecule has 0 spiro atoms. The van der Waals surface area contributed by atoms with Gasteiger partial charge in [-0.2, -0.15) is 0 Å². The Labute approximate surface area is 141 Å². The molecule has 3 rings (SSSR count). The molecule has 0 saturated carbocycles. The van der Waals surface area contributed by atoms with Crippen LogP contribution >= 0.6 is 0 Å². The van der Waals surface area contributed by atoms with Crippen molar-refractivity contribution in [1.82, 2.24) is 15.0 Å². The van der Waals surface area contributed by atoms with Crippen LogP contribution in [0.2, 0.25) is 0 Å². The molecular formula is C20H19N3O. The molecule has 3 aromatic rings. The largest absolute Gasteiger partial charge is 0.296 e. The standard InChI is InChI=1S/C20H19N3O/c1-3-16-8-11-18(12-9-16)23-20(19(14-24)21-22-23)13-10-17-6-4-15(2)5-7-17/h4-14H,3H2,1-2H3/b13-10+. The Morgan fingerprint density at radius 3 is 2.33 bits per heavy atom. The van der Waals surface area contributed by atoms with Gasteiger partial charge in [-0.1, -0.05) is 60.2 Å². The maximum Gasteiger partial charge on any atom is 0.172 e. The minimum absolute atomic E-state index is 0.331. The first-order chi connectivity index (χ1) is 11.7. The quantitative estimate of drug-likeness (QED) is 0.665. The third-order valence-electron chi connectivity index (χ3n) is 3.94. The van der Waals surface area contributed by atoms with Crippen LogP contribution in [0, 0.1) is 6.92 Å². The van der Waals surface area contributed by atoms with Crippen molar-refractivity contribution in [3.63, 3.8) is 0 Å². The van der Waals surface area contributed by atoms with Gasteiger partial charge < -0.3 is 0 Å². The Balaban J connectivity index is 1.98. The zero-order valence-electron chi connectivity index (χ0n) is 13.8. The van der Waals surface area contributed by atoms with Crippen LogP contribution in [0.15, 0.2) is 48.5 Å². The SMILES string of the molecule is CCc1ccc(-n2nnc(C=O)c2/C=C/c2ccc(C)cc2)cc1. The summed E-state index contributed by atoms with van der Waals surface area (Å²) in [6.07, 6.45) is 5.56. The fourth-order valence-corrected chi connectivity index (χ4v) is 2.46. The predicted octanol–water partition coefficient (Wildman–Crippen LogP) is 4.12.